The van der Waals surface area contributed by atoms with E-state index in [1.165, 1.54) is 7.05 Å². The minimum atomic E-state index is -0.755. The summed E-state index contributed by atoms with van der Waals surface area (Å²) in [6, 6.07) is 0. The molecular weight excluding hydrogens is 131 g/mol. The van der Waals surface area contributed by atoms with E-state index in [0.29, 0.717) is 0 Å². The zero-order valence-electron chi connectivity index (χ0n) is 4.33. The van der Waals surface area contributed by atoms with E-state index in [4.69, 9.17) is 17.0 Å². The molecular formula is C4H6ClFN2. The van der Waals surface area contributed by atoms with E-state index in [2.05, 4.69) is 5.32 Å². The van der Waals surface area contributed by atoms with Crippen molar-refractivity contribution in [2.75, 3.05) is 7.05 Å². The lowest BCUT2D eigenvalue weighted by Crippen LogP contribution is -1.96. The Morgan fingerprint density at radius 1 is 1.88 bits per heavy atom. The Morgan fingerprint density at radius 2 is 2.38 bits per heavy atom. The highest BCUT2D eigenvalue weighted by atomic mass is 35.5. The van der Waals surface area contributed by atoms with Gasteiger partial charge in [0.1, 0.15) is 0 Å². The molecule has 0 bridgehead atoms. The summed E-state index contributed by atoms with van der Waals surface area (Å²) >= 11 is 4.91. The van der Waals surface area contributed by atoms with E-state index >= 15 is 0 Å². The minimum Gasteiger partial charge on any atom is -0.392 e. The Bertz CT molecular complexity index is 121. The highest BCUT2D eigenvalue weighted by molar-refractivity contribution is 6.68. The zero-order chi connectivity index (χ0) is 6.57. The summed E-state index contributed by atoms with van der Waals surface area (Å²) in [5.41, 5.74) is 0. The Balaban J connectivity index is 3.80. The predicted molar refractivity (Wildman–Crippen MR) is 31.8 cm³/mol. The van der Waals surface area contributed by atoms with Gasteiger partial charge < -0.3 is 5.32 Å². The van der Waals surface area contributed by atoms with Crippen molar-refractivity contribution in [2.24, 2.45) is 0 Å². The minimum absolute atomic E-state index is 0.584. The van der Waals surface area contributed by atoms with Crippen LogP contribution >= 0.6 is 11.6 Å². The van der Waals surface area contributed by atoms with Gasteiger partial charge in [-0.15, -0.1) is 0 Å². The van der Waals surface area contributed by atoms with Crippen molar-refractivity contribution in [3.8, 4) is 0 Å². The van der Waals surface area contributed by atoms with Gasteiger partial charge in [0.2, 0.25) is 0 Å². The third kappa shape index (κ3) is 2.58. The molecule has 2 N–H and O–H groups in total. The van der Waals surface area contributed by atoms with Crippen molar-refractivity contribution >= 4 is 16.8 Å². The van der Waals surface area contributed by atoms with Crippen LogP contribution in [0, 0.1) is 5.41 Å². The second-order valence-electron chi connectivity index (χ2n) is 1.09. The third-order valence-corrected chi connectivity index (χ3v) is 0.661. The van der Waals surface area contributed by atoms with Gasteiger partial charge in [-0.25, -0.2) is 4.39 Å². The van der Waals surface area contributed by atoms with Gasteiger partial charge in [-0.05, 0) is 0 Å². The van der Waals surface area contributed by atoms with Crippen LogP contribution in [0.4, 0.5) is 4.39 Å². The first kappa shape index (κ1) is 7.43. The van der Waals surface area contributed by atoms with Gasteiger partial charge in [-0.2, -0.15) is 0 Å². The molecule has 0 aromatic heterocycles. The molecule has 2 nitrogen and oxygen atoms in total. The van der Waals surface area contributed by atoms with Gasteiger partial charge in [-0.3, -0.25) is 5.41 Å². The quantitative estimate of drug-likeness (QED) is 0.551. The van der Waals surface area contributed by atoms with Crippen molar-refractivity contribution in [2.45, 2.75) is 0 Å². The Morgan fingerprint density at radius 3 is 2.50 bits per heavy atom. The monoisotopic (exact) mass is 136 g/mol. The normalized spacial score (nSPS) is 11.1. The lowest BCUT2D eigenvalue weighted by atomic mass is 10.6. The number of hydrogen-bond acceptors (Lipinski definition) is 2. The Hall–Kier alpha value is -0.570. The molecule has 0 atom stereocenters. The van der Waals surface area contributed by atoms with Gasteiger partial charge >= 0.3 is 0 Å². The van der Waals surface area contributed by atoms with Crippen LogP contribution in [0.5, 0.6) is 0 Å². The van der Waals surface area contributed by atoms with E-state index in [9.17, 15) is 4.39 Å². The second-order valence-corrected chi connectivity index (χ2v) is 1.47. The first-order valence-corrected chi connectivity index (χ1v) is 2.33. The van der Waals surface area contributed by atoms with Gasteiger partial charge in [0.25, 0.3) is 0 Å². The van der Waals surface area contributed by atoms with Crippen molar-refractivity contribution in [1.29, 1.82) is 5.41 Å². The molecule has 0 aromatic carbocycles. The summed E-state index contributed by atoms with van der Waals surface area (Å²) in [4.78, 5) is 0. The molecule has 4 heteroatoms. The molecule has 0 fully saturated rings. The average Bonchev–Trinajstić information content (AvgIpc) is 1.67. The molecule has 0 radical (unpaired) electrons. The summed E-state index contributed by atoms with van der Waals surface area (Å²) in [5.74, 6) is -0.755. The van der Waals surface area contributed by atoms with Gasteiger partial charge in [-0.1, -0.05) is 11.6 Å². The standard InChI is InChI=1S/C4H6ClFN2/c1-8-2-3(6)4(5)7/h2,7-8H,1H3/b3-2+,7-4?. The fraction of sp³-hybridized carbons (Fsp3) is 0.250. The number of allylic oxidation sites excluding steroid dienone is 1. The highest BCUT2D eigenvalue weighted by Crippen LogP contribution is 1.98. The molecule has 0 aliphatic heterocycles. The molecule has 46 valence electrons. The maximum absolute atomic E-state index is 12.0. The van der Waals surface area contributed by atoms with Crippen LogP contribution in [0.2, 0.25) is 0 Å². The summed E-state index contributed by atoms with van der Waals surface area (Å²) in [7, 11) is 1.53. The lowest BCUT2D eigenvalue weighted by Gasteiger charge is -1.87. The molecule has 0 unspecified atom stereocenters. The summed E-state index contributed by atoms with van der Waals surface area (Å²) in [6.07, 6.45) is 1.01. The molecule has 8 heavy (non-hydrogen) atoms. The van der Waals surface area contributed by atoms with Crippen LogP contribution in [0.25, 0.3) is 0 Å². The van der Waals surface area contributed by atoms with E-state index in [-0.39, 0.29) is 0 Å². The highest BCUT2D eigenvalue weighted by Gasteiger charge is 1.95. The van der Waals surface area contributed by atoms with Crippen LogP contribution in [0.15, 0.2) is 12.0 Å². The lowest BCUT2D eigenvalue weighted by molar-refractivity contribution is 0.673. The summed E-state index contributed by atoms with van der Waals surface area (Å²) in [5, 5.41) is 8.29. The number of halogens is 2. The first-order valence-electron chi connectivity index (χ1n) is 1.96. The molecule has 0 aliphatic carbocycles. The largest absolute Gasteiger partial charge is 0.392 e. The van der Waals surface area contributed by atoms with E-state index < -0.39 is 11.0 Å². The van der Waals surface area contributed by atoms with E-state index in [1.54, 1.807) is 0 Å². The molecule has 0 aliphatic rings. The zero-order valence-corrected chi connectivity index (χ0v) is 5.09. The van der Waals surface area contributed by atoms with Crippen molar-refractivity contribution in [3.63, 3.8) is 0 Å². The molecule has 0 amide bonds. The fourth-order valence-electron chi connectivity index (χ4n) is 0.190. The Kier molecular flexibility index (Phi) is 3.19. The molecule has 0 heterocycles. The summed E-state index contributed by atoms with van der Waals surface area (Å²) in [6.45, 7) is 0. The van der Waals surface area contributed by atoms with Crippen LogP contribution < -0.4 is 5.32 Å². The van der Waals surface area contributed by atoms with Gasteiger partial charge in [0.05, 0.1) is 0 Å². The topological polar surface area (TPSA) is 35.9 Å². The molecule has 0 rings (SSSR count). The number of nitrogens with one attached hydrogen (secondary N) is 2. The fourth-order valence-corrected chi connectivity index (χ4v) is 0.245. The molecule has 0 saturated carbocycles. The van der Waals surface area contributed by atoms with Crippen molar-refractivity contribution in [3.05, 3.63) is 12.0 Å². The number of hydrogen-bond donors (Lipinski definition) is 2. The molecule has 0 spiro atoms. The van der Waals surface area contributed by atoms with Crippen molar-refractivity contribution in [1.82, 2.24) is 5.32 Å². The van der Waals surface area contributed by atoms with Gasteiger partial charge in [0, 0.05) is 13.2 Å². The SMILES string of the molecule is CN/C=C(/F)C(=N)Cl. The third-order valence-electron chi connectivity index (χ3n) is 0.481. The van der Waals surface area contributed by atoms with E-state index in [1.807, 2.05) is 0 Å². The Labute approximate surface area is 51.8 Å². The van der Waals surface area contributed by atoms with Crippen LogP contribution in [0.1, 0.15) is 0 Å². The maximum Gasteiger partial charge on any atom is 0.175 e. The van der Waals surface area contributed by atoms with E-state index in [0.717, 1.165) is 6.20 Å². The van der Waals surface area contributed by atoms with Gasteiger partial charge in [0.15, 0.2) is 11.0 Å². The first-order chi connectivity index (χ1) is 3.68. The van der Waals surface area contributed by atoms with Crippen LogP contribution in [-0.4, -0.2) is 12.2 Å². The molecule has 0 saturated heterocycles. The number of rotatable bonds is 2. The summed E-state index contributed by atoms with van der Waals surface area (Å²) < 4.78 is 12.0. The average molecular weight is 137 g/mol. The molecule has 0 aromatic rings. The second kappa shape index (κ2) is 3.43. The predicted octanol–water partition coefficient (Wildman–Crippen LogP) is 1.23. The van der Waals surface area contributed by atoms with Crippen LogP contribution in [-0.2, 0) is 0 Å². The smallest absolute Gasteiger partial charge is 0.175 e. The van der Waals surface area contributed by atoms with Crippen molar-refractivity contribution < 1.29 is 4.39 Å². The van der Waals surface area contributed by atoms with Crippen LogP contribution in [0.3, 0.4) is 0 Å². The maximum atomic E-state index is 12.0.